The highest BCUT2D eigenvalue weighted by molar-refractivity contribution is 6.06. The third kappa shape index (κ3) is 5.74. The molecule has 58 heavy (non-hydrogen) atoms. The molecule has 0 atom stereocenters. The minimum atomic E-state index is 0.870. The molecule has 0 saturated carbocycles. The molecule has 11 rings (SSSR count). The van der Waals surface area contributed by atoms with Crippen LogP contribution in [-0.2, 0) is 0 Å². The van der Waals surface area contributed by atoms with Crippen LogP contribution in [0.1, 0.15) is 0 Å². The summed E-state index contributed by atoms with van der Waals surface area (Å²) < 4.78 is 6.55. The molecule has 1 heterocycles. The van der Waals surface area contributed by atoms with Gasteiger partial charge >= 0.3 is 0 Å². The Balaban J connectivity index is 1.13. The predicted octanol–water partition coefficient (Wildman–Crippen LogP) is 15.9. The van der Waals surface area contributed by atoms with E-state index in [1.54, 1.807) is 0 Å². The molecule has 10 aromatic carbocycles. The molecule has 2 heteroatoms. The lowest BCUT2D eigenvalue weighted by atomic mass is 9.91. The summed E-state index contributed by atoms with van der Waals surface area (Å²) in [5, 5.41) is 4.77. The maximum Gasteiger partial charge on any atom is 0.135 e. The standard InChI is InChI=1S/C56H37NO/c1-2-15-38(16-3-1)39-31-33-41(34-32-39)45-22-6-9-27-51(45)57(53-29-11-8-24-48(53)47-25-12-18-40-17-4-5-21-44(40)47)52-28-10-7-23-46(52)43-35-36-54-50(37-43)49-26-13-19-42-20-14-30-55(58-54)56(42)49/h1-37H. The lowest BCUT2D eigenvalue weighted by molar-refractivity contribution is 0.487. The Hall–Kier alpha value is -7.68. The van der Waals surface area contributed by atoms with Gasteiger partial charge in [0.15, 0.2) is 0 Å². The molecule has 0 aliphatic carbocycles. The molecule has 0 bridgehead atoms. The fourth-order valence-corrected chi connectivity index (χ4v) is 8.78. The summed E-state index contributed by atoms with van der Waals surface area (Å²) in [7, 11) is 0. The van der Waals surface area contributed by atoms with Crippen LogP contribution in [0, 0.1) is 0 Å². The van der Waals surface area contributed by atoms with Gasteiger partial charge in [-0.3, -0.25) is 0 Å². The summed E-state index contributed by atoms with van der Waals surface area (Å²) in [6.45, 7) is 0. The second-order valence-electron chi connectivity index (χ2n) is 14.8. The van der Waals surface area contributed by atoms with E-state index >= 15 is 0 Å². The van der Waals surface area contributed by atoms with Crippen molar-refractivity contribution in [2.24, 2.45) is 0 Å². The highest BCUT2D eigenvalue weighted by atomic mass is 16.5. The Morgan fingerprint density at radius 3 is 1.53 bits per heavy atom. The smallest absolute Gasteiger partial charge is 0.135 e. The Morgan fingerprint density at radius 2 is 0.776 bits per heavy atom. The number of ether oxygens (including phenoxy) is 1. The first-order chi connectivity index (χ1) is 28.8. The molecule has 2 nitrogen and oxygen atoms in total. The van der Waals surface area contributed by atoms with Gasteiger partial charge in [-0.25, -0.2) is 0 Å². The molecule has 0 saturated heterocycles. The molecule has 0 N–H and O–H groups in total. The Kier molecular flexibility index (Phi) is 8.19. The van der Waals surface area contributed by atoms with Gasteiger partial charge in [0, 0.05) is 27.6 Å². The van der Waals surface area contributed by atoms with Crippen molar-refractivity contribution in [2.45, 2.75) is 0 Å². The minimum Gasteiger partial charge on any atom is -0.456 e. The highest BCUT2D eigenvalue weighted by Crippen LogP contribution is 2.51. The van der Waals surface area contributed by atoms with Crippen LogP contribution in [0.2, 0.25) is 0 Å². The third-order valence-corrected chi connectivity index (χ3v) is 11.5. The first-order valence-corrected chi connectivity index (χ1v) is 19.8. The number of anilines is 3. The number of hydrogen-bond acceptors (Lipinski definition) is 2. The zero-order chi connectivity index (χ0) is 38.4. The van der Waals surface area contributed by atoms with E-state index in [1.165, 1.54) is 38.4 Å². The second kappa shape index (κ2) is 14.1. The summed E-state index contributed by atoms with van der Waals surface area (Å²) in [5.41, 5.74) is 14.8. The molecule has 1 aliphatic rings. The number of hydrogen-bond donors (Lipinski definition) is 0. The summed E-state index contributed by atoms with van der Waals surface area (Å²) >= 11 is 0. The lowest BCUT2D eigenvalue weighted by Crippen LogP contribution is -2.13. The monoisotopic (exact) mass is 739 g/mol. The Bertz CT molecular complexity index is 3140. The van der Waals surface area contributed by atoms with Crippen LogP contribution in [0.4, 0.5) is 17.1 Å². The third-order valence-electron chi connectivity index (χ3n) is 11.5. The van der Waals surface area contributed by atoms with E-state index in [-0.39, 0.29) is 0 Å². The van der Waals surface area contributed by atoms with Gasteiger partial charge in [0.1, 0.15) is 11.5 Å². The molecule has 0 spiro atoms. The van der Waals surface area contributed by atoms with Gasteiger partial charge in [0.25, 0.3) is 0 Å². The minimum absolute atomic E-state index is 0.870. The highest BCUT2D eigenvalue weighted by Gasteiger charge is 2.25. The van der Waals surface area contributed by atoms with E-state index in [4.69, 9.17) is 4.74 Å². The molecular weight excluding hydrogens is 703 g/mol. The van der Waals surface area contributed by atoms with Crippen molar-refractivity contribution in [1.29, 1.82) is 0 Å². The van der Waals surface area contributed by atoms with Gasteiger partial charge in [0.05, 0.1) is 17.1 Å². The van der Waals surface area contributed by atoms with Crippen LogP contribution in [0.5, 0.6) is 11.5 Å². The Labute approximate surface area is 338 Å². The Morgan fingerprint density at radius 1 is 0.276 bits per heavy atom. The van der Waals surface area contributed by atoms with Gasteiger partial charge in [-0.1, -0.05) is 188 Å². The van der Waals surface area contributed by atoms with Crippen molar-refractivity contribution in [2.75, 3.05) is 4.90 Å². The van der Waals surface area contributed by atoms with Crippen LogP contribution in [0.15, 0.2) is 224 Å². The van der Waals surface area contributed by atoms with Gasteiger partial charge in [-0.2, -0.15) is 0 Å². The molecule has 0 unspecified atom stereocenters. The van der Waals surface area contributed by atoms with E-state index in [0.717, 1.165) is 67.3 Å². The van der Waals surface area contributed by atoms with Gasteiger partial charge < -0.3 is 9.64 Å². The molecule has 0 aromatic heterocycles. The van der Waals surface area contributed by atoms with Crippen molar-refractivity contribution < 1.29 is 4.74 Å². The van der Waals surface area contributed by atoms with Gasteiger partial charge in [-0.05, 0) is 85.9 Å². The number of fused-ring (bicyclic) bond motifs is 3. The number of para-hydroxylation sites is 3. The number of benzene rings is 10. The maximum absolute atomic E-state index is 6.55. The summed E-state index contributed by atoms with van der Waals surface area (Å²) in [6.07, 6.45) is 0. The average molecular weight is 740 g/mol. The van der Waals surface area contributed by atoms with Crippen molar-refractivity contribution in [1.82, 2.24) is 0 Å². The lowest BCUT2D eigenvalue weighted by Gasteiger charge is -2.32. The maximum atomic E-state index is 6.55. The molecule has 0 radical (unpaired) electrons. The first kappa shape index (κ1) is 33.6. The first-order valence-electron chi connectivity index (χ1n) is 19.8. The van der Waals surface area contributed by atoms with E-state index < -0.39 is 0 Å². The van der Waals surface area contributed by atoms with E-state index in [9.17, 15) is 0 Å². The predicted molar refractivity (Wildman–Crippen MR) is 243 cm³/mol. The SMILES string of the molecule is c1ccc(-c2ccc(-c3ccccc3N(c3ccccc3-c3ccc4c(c3)-c3cccc5cccc(c35)O4)c3ccccc3-c3cccc4ccccc34)cc2)cc1. The fourth-order valence-electron chi connectivity index (χ4n) is 8.78. The van der Waals surface area contributed by atoms with Crippen molar-refractivity contribution >= 4 is 38.6 Å². The number of nitrogens with zero attached hydrogens (tertiary/aromatic N) is 1. The van der Waals surface area contributed by atoms with Crippen LogP contribution in [0.3, 0.4) is 0 Å². The normalized spacial score (nSPS) is 11.6. The summed E-state index contributed by atoms with van der Waals surface area (Å²) in [4.78, 5) is 2.47. The van der Waals surface area contributed by atoms with Crippen LogP contribution < -0.4 is 9.64 Å². The molecular formula is C56H37NO. The van der Waals surface area contributed by atoms with E-state index in [1.807, 2.05) is 0 Å². The second-order valence-corrected chi connectivity index (χ2v) is 14.8. The van der Waals surface area contributed by atoms with Crippen molar-refractivity contribution in [3.8, 4) is 67.1 Å². The molecule has 1 aliphatic heterocycles. The van der Waals surface area contributed by atoms with Gasteiger partial charge in [0.2, 0.25) is 0 Å². The van der Waals surface area contributed by atoms with E-state index in [2.05, 4.69) is 229 Å². The fraction of sp³-hybridized carbons (Fsp3) is 0. The van der Waals surface area contributed by atoms with Gasteiger partial charge in [-0.15, -0.1) is 0 Å². The molecule has 10 aromatic rings. The largest absolute Gasteiger partial charge is 0.456 e. The molecule has 272 valence electrons. The van der Waals surface area contributed by atoms with E-state index in [0.29, 0.717) is 0 Å². The average Bonchev–Trinajstić information content (AvgIpc) is 3.30. The summed E-state index contributed by atoms with van der Waals surface area (Å²) in [6, 6.07) is 80.8. The summed E-state index contributed by atoms with van der Waals surface area (Å²) in [5.74, 6) is 1.77. The quantitative estimate of drug-likeness (QED) is 0.161. The van der Waals surface area contributed by atoms with Crippen LogP contribution >= 0.6 is 0 Å². The zero-order valence-electron chi connectivity index (χ0n) is 31.7. The van der Waals surface area contributed by atoms with Crippen molar-refractivity contribution in [3.05, 3.63) is 224 Å². The number of rotatable bonds is 7. The van der Waals surface area contributed by atoms with Crippen LogP contribution in [-0.4, -0.2) is 0 Å². The molecule has 0 fully saturated rings. The van der Waals surface area contributed by atoms with Crippen molar-refractivity contribution in [3.63, 3.8) is 0 Å². The van der Waals surface area contributed by atoms with Crippen LogP contribution in [0.25, 0.3) is 77.2 Å². The zero-order valence-corrected chi connectivity index (χ0v) is 31.7. The topological polar surface area (TPSA) is 12.5 Å². The molecule has 0 amide bonds.